The van der Waals surface area contributed by atoms with Crippen molar-refractivity contribution in [2.75, 3.05) is 6.26 Å². The quantitative estimate of drug-likeness (QED) is 0.489. The molecule has 2 aromatic rings. The lowest BCUT2D eigenvalue weighted by Gasteiger charge is -2.20. The van der Waals surface area contributed by atoms with E-state index in [0.717, 1.165) is 0 Å². The summed E-state index contributed by atoms with van der Waals surface area (Å²) in [7, 11) is 0. The number of nitrogens with zero attached hydrogens (tertiary/aromatic N) is 2. The van der Waals surface area contributed by atoms with Crippen molar-refractivity contribution < 1.29 is 13.9 Å². The Morgan fingerprint density at radius 1 is 1.45 bits per heavy atom. The van der Waals surface area contributed by atoms with Crippen LogP contribution in [0.3, 0.4) is 0 Å². The van der Waals surface area contributed by atoms with Crippen molar-refractivity contribution in [1.82, 2.24) is 9.55 Å². The van der Waals surface area contributed by atoms with Crippen LogP contribution < -0.4 is 5.56 Å². The van der Waals surface area contributed by atoms with E-state index in [1.54, 1.807) is 39.2 Å². The van der Waals surface area contributed by atoms with Crippen molar-refractivity contribution in [3.05, 3.63) is 34.9 Å². The fourth-order valence-electron chi connectivity index (χ4n) is 1.88. The van der Waals surface area contributed by atoms with Gasteiger partial charge in [0.05, 0.1) is 6.26 Å². The predicted octanol–water partition coefficient (Wildman–Crippen LogP) is 2.57. The molecule has 2 aromatic heterocycles. The van der Waals surface area contributed by atoms with Crippen LogP contribution in [-0.2, 0) is 16.1 Å². The van der Waals surface area contributed by atoms with Crippen molar-refractivity contribution in [3.63, 3.8) is 0 Å². The van der Waals surface area contributed by atoms with E-state index in [1.165, 1.54) is 28.8 Å². The minimum atomic E-state index is -0.605. The highest BCUT2D eigenvalue weighted by atomic mass is 32.2. The molecule has 0 unspecified atom stereocenters. The molecule has 0 aliphatic carbocycles. The standard InChI is InChI=1S/C15H18N2O4S/c1-15(2,3)21-12(18)9-17-13(19)10(8-16-14(17)22-4)11-6-5-7-20-11/h5-8H,9H2,1-4H3. The lowest BCUT2D eigenvalue weighted by molar-refractivity contribution is -0.155. The molecule has 0 radical (unpaired) electrons. The van der Waals surface area contributed by atoms with Crippen LogP contribution >= 0.6 is 11.8 Å². The Morgan fingerprint density at radius 2 is 2.18 bits per heavy atom. The van der Waals surface area contributed by atoms with Crippen molar-refractivity contribution in [2.45, 2.75) is 38.1 Å². The van der Waals surface area contributed by atoms with E-state index in [2.05, 4.69) is 4.98 Å². The summed E-state index contributed by atoms with van der Waals surface area (Å²) >= 11 is 1.29. The first-order valence-electron chi connectivity index (χ1n) is 6.71. The summed E-state index contributed by atoms with van der Waals surface area (Å²) in [6.45, 7) is 5.15. The molecular formula is C15H18N2O4S. The summed E-state index contributed by atoms with van der Waals surface area (Å²) in [5.41, 5.74) is -0.627. The second kappa shape index (κ2) is 6.39. The summed E-state index contributed by atoms with van der Waals surface area (Å²) < 4.78 is 11.8. The Kier molecular flexibility index (Phi) is 4.75. The molecular weight excluding hydrogens is 304 g/mol. The van der Waals surface area contributed by atoms with Gasteiger partial charge >= 0.3 is 5.97 Å². The largest absolute Gasteiger partial charge is 0.464 e. The highest BCUT2D eigenvalue weighted by Crippen LogP contribution is 2.18. The maximum Gasteiger partial charge on any atom is 0.326 e. The Balaban J connectivity index is 2.39. The van der Waals surface area contributed by atoms with Gasteiger partial charge < -0.3 is 9.15 Å². The fourth-order valence-corrected chi connectivity index (χ4v) is 2.41. The minimum absolute atomic E-state index is 0.187. The summed E-state index contributed by atoms with van der Waals surface area (Å²) in [6.07, 6.45) is 4.73. The number of carbonyl (C=O) groups is 1. The number of thioether (sulfide) groups is 1. The van der Waals surface area contributed by atoms with Crippen molar-refractivity contribution in [3.8, 4) is 11.3 Å². The first kappa shape index (κ1) is 16.4. The van der Waals surface area contributed by atoms with Gasteiger partial charge in [-0.15, -0.1) is 0 Å². The molecule has 0 N–H and O–H groups in total. The molecule has 2 heterocycles. The monoisotopic (exact) mass is 322 g/mol. The number of furan rings is 1. The van der Waals surface area contributed by atoms with Crippen molar-refractivity contribution in [2.24, 2.45) is 0 Å². The van der Waals surface area contributed by atoms with Crippen LogP contribution in [0.25, 0.3) is 11.3 Å². The second-order valence-electron chi connectivity index (χ2n) is 5.61. The molecule has 7 heteroatoms. The molecule has 0 atom stereocenters. The molecule has 0 saturated heterocycles. The summed E-state index contributed by atoms with van der Waals surface area (Å²) in [5.74, 6) is -0.0635. The Labute approximate surface area is 132 Å². The number of hydrogen-bond acceptors (Lipinski definition) is 6. The lowest BCUT2D eigenvalue weighted by Crippen LogP contribution is -2.32. The van der Waals surface area contributed by atoms with Crippen LogP contribution in [0.15, 0.2) is 39.0 Å². The van der Waals surface area contributed by atoms with Gasteiger partial charge in [-0.05, 0) is 39.2 Å². The summed E-state index contributed by atoms with van der Waals surface area (Å²) in [5, 5.41) is 0.450. The smallest absolute Gasteiger partial charge is 0.326 e. The minimum Gasteiger partial charge on any atom is -0.464 e. The third-order valence-corrected chi connectivity index (χ3v) is 3.38. The van der Waals surface area contributed by atoms with E-state index in [9.17, 15) is 9.59 Å². The highest BCUT2D eigenvalue weighted by Gasteiger charge is 2.20. The van der Waals surface area contributed by atoms with Crippen molar-refractivity contribution in [1.29, 1.82) is 0 Å². The van der Waals surface area contributed by atoms with Crippen LogP contribution in [0.2, 0.25) is 0 Å². The maximum absolute atomic E-state index is 12.6. The van der Waals surface area contributed by atoms with Crippen LogP contribution in [0.4, 0.5) is 0 Å². The topological polar surface area (TPSA) is 74.3 Å². The Morgan fingerprint density at radius 3 is 2.73 bits per heavy atom. The van der Waals surface area contributed by atoms with E-state index in [4.69, 9.17) is 9.15 Å². The van der Waals surface area contributed by atoms with Gasteiger partial charge in [0.15, 0.2) is 5.16 Å². The first-order chi connectivity index (χ1) is 10.3. The number of aromatic nitrogens is 2. The average molecular weight is 322 g/mol. The zero-order valence-corrected chi connectivity index (χ0v) is 13.8. The maximum atomic E-state index is 12.6. The molecule has 0 aromatic carbocycles. The third kappa shape index (κ3) is 3.79. The number of esters is 1. The van der Waals surface area contributed by atoms with Gasteiger partial charge in [-0.25, -0.2) is 4.98 Å². The number of hydrogen-bond donors (Lipinski definition) is 0. The molecule has 6 nitrogen and oxygen atoms in total. The molecule has 0 fully saturated rings. The Bertz CT molecular complexity index is 714. The van der Waals surface area contributed by atoms with E-state index >= 15 is 0 Å². The van der Waals surface area contributed by atoms with Gasteiger partial charge in [-0.2, -0.15) is 0 Å². The predicted molar refractivity (Wildman–Crippen MR) is 83.8 cm³/mol. The van der Waals surface area contributed by atoms with Crippen LogP contribution in [0.5, 0.6) is 0 Å². The number of rotatable bonds is 4. The molecule has 0 spiro atoms. The SMILES string of the molecule is CSc1ncc(-c2ccco2)c(=O)n1CC(=O)OC(C)(C)C. The normalized spacial score (nSPS) is 11.5. The van der Waals surface area contributed by atoms with E-state index in [0.29, 0.717) is 16.5 Å². The molecule has 0 bridgehead atoms. The average Bonchev–Trinajstić information content (AvgIpc) is 2.92. The molecule has 0 aliphatic rings. The molecule has 0 saturated carbocycles. The van der Waals surface area contributed by atoms with Gasteiger partial charge in [-0.3, -0.25) is 14.2 Å². The van der Waals surface area contributed by atoms with Crippen LogP contribution in [0.1, 0.15) is 20.8 Å². The molecule has 22 heavy (non-hydrogen) atoms. The zero-order valence-electron chi connectivity index (χ0n) is 13.0. The molecule has 0 amide bonds. The van der Waals surface area contributed by atoms with E-state index < -0.39 is 11.6 Å². The van der Waals surface area contributed by atoms with Crippen LogP contribution in [0, 0.1) is 0 Å². The zero-order chi connectivity index (χ0) is 16.3. The first-order valence-corrected chi connectivity index (χ1v) is 7.94. The number of ether oxygens (including phenoxy) is 1. The second-order valence-corrected chi connectivity index (χ2v) is 6.39. The van der Waals surface area contributed by atoms with E-state index in [-0.39, 0.29) is 12.1 Å². The van der Waals surface area contributed by atoms with Gasteiger partial charge in [0, 0.05) is 6.20 Å². The van der Waals surface area contributed by atoms with E-state index in [1.807, 2.05) is 0 Å². The van der Waals surface area contributed by atoms with Gasteiger partial charge in [0.1, 0.15) is 23.5 Å². The fraction of sp³-hybridized carbons (Fsp3) is 0.400. The summed E-state index contributed by atoms with van der Waals surface area (Å²) in [4.78, 5) is 28.8. The molecule has 0 aliphatic heterocycles. The number of carbonyl (C=O) groups excluding carboxylic acids is 1. The lowest BCUT2D eigenvalue weighted by atomic mass is 10.2. The van der Waals surface area contributed by atoms with Gasteiger partial charge in [0.2, 0.25) is 0 Å². The van der Waals surface area contributed by atoms with Gasteiger partial charge in [0.25, 0.3) is 5.56 Å². The summed E-state index contributed by atoms with van der Waals surface area (Å²) in [6, 6.07) is 3.37. The van der Waals surface area contributed by atoms with Gasteiger partial charge in [-0.1, -0.05) is 11.8 Å². The van der Waals surface area contributed by atoms with Crippen molar-refractivity contribution >= 4 is 17.7 Å². The highest BCUT2D eigenvalue weighted by molar-refractivity contribution is 7.98. The third-order valence-electron chi connectivity index (χ3n) is 2.69. The van der Waals surface area contributed by atoms with Crippen LogP contribution in [-0.4, -0.2) is 27.4 Å². The Hall–Kier alpha value is -2.02. The molecule has 2 rings (SSSR count). The molecule has 118 valence electrons.